The van der Waals surface area contributed by atoms with Gasteiger partial charge < -0.3 is 42.1 Å². The summed E-state index contributed by atoms with van der Waals surface area (Å²) in [5.41, 5.74) is 6.73. The summed E-state index contributed by atoms with van der Waals surface area (Å²) in [6.45, 7) is 1.43. The first-order valence-corrected chi connectivity index (χ1v) is 12.0. The summed E-state index contributed by atoms with van der Waals surface area (Å²) >= 11 is 0. The van der Waals surface area contributed by atoms with E-state index in [1.54, 1.807) is 12.1 Å². The molecule has 0 spiro atoms. The van der Waals surface area contributed by atoms with E-state index in [2.05, 4.69) is 16.0 Å². The van der Waals surface area contributed by atoms with Crippen molar-refractivity contribution in [2.24, 2.45) is 5.73 Å². The molecule has 0 fully saturated rings. The molecule has 13 heteroatoms. The minimum Gasteiger partial charge on any atom is -0.508 e. The summed E-state index contributed by atoms with van der Waals surface area (Å²) < 4.78 is 0. The van der Waals surface area contributed by atoms with Crippen LogP contribution in [0.1, 0.15) is 30.9 Å². The Morgan fingerprint density at radius 3 is 1.44 bits per heavy atom. The van der Waals surface area contributed by atoms with Gasteiger partial charge in [-0.05, 0) is 48.7 Å². The lowest BCUT2D eigenvalue weighted by atomic mass is 10.0. The highest BCUT2D eigenvalue weighted by molar-refractivity contribution is 5.94. The number of aromatic hydroxyl groups is 2. The number of amides is 3. The number of carboxylic acid groups (broad SMARTS) is 2. The number of nitrogens with two attached hydrogens (primary N) is 1. The van der Waals surface area contributed by atoms with Crippen LogP contribution < -0.4 is 21.7 Å². The van der Waals surface area contributed by atoms with E-state index >= 15 is 0 Å². The molecule has 0 radical (unpaired) electrons. The number of phenolic OH excluding ortho intramolecular Hbond substituents is 2. The van der Waals surface area contributed by atoms with Gasteiger partial charge in [0.1, 0.15) is 29.6 Å². The Morgan fingerprint density at radius 2 is 1.08 bits per heavy atom. The van der Waals surface area contributed by atoms with Crippen LogP contribution in [-0.4, -0.2) is 74.3 Å². The zero-order valence-corrected chi connectivity index (χ0v) is 21.2. The van der Waals surface area contributed by atoms with Gasteiger partial charge in [-0.1, -0.05) is 24.3 Å². The number of carboxylic acids is 2. The molecule has 3 amide bonds. The van der Waals surface area contributed by atoms with Crippen molar-refractivity contribution < 1.29 is 44.4 Å². The highest BCUT2D eigenvalue weighted by atomic mass is 16.4. The van der Waals surface area contributed by atoms with Gasteiger partial charge in [-0.3, -0.25) is 19.2 Å². The van der Waals surface area contributed by atoms with Gasteiger partial charge in [0.2, 0.25) is 17.7 Å². The number of phenols is 2. The second-order valence-corrected chi connectivity index (χ2v) is 8.98. The molecule has 4 unspecified atom stereocenters. The van der Waals surface area contributed by atoms with Crippen molar-refractivity contribution in [1.29, 1.82) is 0 Å². The van der Waals surface area contributed by atoms with E-state index in [4.69, 9.17) is 10.8 Å². The van der Waals surface area contributed by atoms with Crippen molar-refractivity contribution in [1.82, 2.24) is 16.0 Å². The molecule has 0 saturated carbocycles. The maximum Gasteiger partial charge on any atom is 0.326 e. The van der Waals surface area contributed by atoms with Crippen LogP contribution in [0.4, 0.5) is 0 Å². The van der Waals surface area contributed by atoms with Gasteiger partial charge >= 0.3 is 11.9 Å². The molecule has 0 aliphatic heterocycles. The zero-order chi connectivity index (χ0) is 29.1. The highest BCUT2D eigenvalue weighted by Crippen LogP contribution is 2.14. The van der Waals surface area contributed by atoms with Crippen molar-refractivity contribution in [3.63, 3.8) is 0 Å². The molecular weight excluding hydrogens is 512 g/mol. The Morgan fingerprint density at radius 1 is 0.692 bits per heavy atom. The van der Waals surface area contributed by atoms with E-state index in [9.17, 15) is 39.3 Å². The van der Waals surface area contributed by atoms with Crippen molar-refractivity contribution in [2.75, 3.05) is 0 Å². The average Bonchev–Trinajstić information content (AvgIpc) is 2.87. The van der Waals surface area contributed by atoms with Crippen LogP contribution in [0.5, 0.6) is 11.5 Å². The van der Waals surface area contributed by atoms with Crippen LogP contribution in [0.2, 0.25) is 0 Å². The molecular formula is C26H32N4O9. The molecule has 2 rings (SSSR count). The van der Waals surface area contributed by atoms with Crippen LogP contribution >= 0.6 is 0 Å². The standard InChI is InChI=1S/C26H32N4O9/c1-14(27)23(35)29-20(12-15-2-6-17(31)7-3-15)25(37)30-21(13-16-4-8-18(32)9-5-16)24(36)28-19(26(38)39)10-11-22(33)34/h2-9,14,19-21,31-32H,10-13,27H2,1H3,(H,28,36)(H,29,35)(H,30,37)(H,33,34)(H,38,39). The van der Waals surface area contributed by atoms with Crippen molar-refractivity contribution in [2.45, 2.75) is 56.8 Å². The summed E-state index contributed by atoms with van der Waals surface area (Å²) in [5, 5.41) is 44.8. The number of aliphatic carboxylic acids is 2. The molecule has 0 heterocycles. The second-order valence-electron chi connectivity index (χ2n) is 8.98. The van der Waals surface area contributed by atoms with Gasteiger partial charge in [-0.25, -0.2) is 4.79 Å². The molecule has 210 valence electrons. The molecule has 0 saturated heterocycles. The van der Waals surface area contributed by atoms with Crippen molar-refractivity contribution in [3.05, 3.63) is 59.7 Å². The smallest absolute Gasteiger partial charge is 0.326 e. The summed E-state index contributed by atoms with van der Waals surface area (Å²) in [6, 6.07) is 6.67. The Bertz CT molecular complexity index is 1170. The fourth-order valence-electron chi connectivity index (χ4n) is 3.53. The molecule has 2 aromatic carbocycles. The third-order valence-electron chi connectivity index (χ3n) is 5.69. The lowest BCUT2D eigenvalue weighted by molar-refractivity contribution is -0.143. The highest BCUT2D eigenvalue weighted by Gasteiger charge is 2.30. The molecule has 0 aliphatic rings. The maximum absolute atomic E-state index is 13.3. The summed E-state index contributed by atoms with van der Waals surface area (Å²) in [6.07, 6.45) is -1.03. The molecule has 0 aromatic heterocycles. The van der Waals surface area contributed by atoms with E-state index in [0.717, 1.165) is 0 Å². The number of benzene rings is 2. The van der Waals surface area contributed by atoms with Crippen LogP contribution in [-0.2, 0) is 36.8 Å². The van der Waals surface area contributed by atoms with Gasteiger partial charge in [-0.2, -0.15) is 0 Å². The number of carbonyl (C=O) groups is 5. The van der Waals surface area contributed by atoms with E-state index in [1.165, 1.54) is 43.3 Å². The molecule has 39 heavy (non-hydrogen) atoms. The van der Waals surface area contributed by atoms with Crippen LogP contribution in [0.3, 0.4) is 0 Å². The number of hydrogen-bond acceptors (Lipinski definition) is 8. The predicted molar refractivity (Wildman–Crippen MR) is 138 cm³/mol. The lowest BCUT2D eigenvalue weighted by Gasteiger charge is -2.25. The number of hydrogen-bond donors (Lipinski definition) is 8. The topological polar surface area (TPSA) is 228 Å². The number of carbonyl (C=O) groups excluding carboxylic acids is 3. The quantitative estimate of drug-likeness (QED) is 0.154. The third kappa shape index (κ3) is 10.3. The van der Waals surface area contributed by atoms with Gasteiger partial charge in [0.25, 0.3) is 0 Å². The fraction of sp³-hybridized carbons (Fsp3) is 0.346. The number of rotatable bonds is 14. The summed E-state index contributed by atoms with van der Waals surface area (Å²) in [4.78, 5) is 61.3. The minimum absolute atomic E-state index is 0.000818. The molecule has 4 atom stereocenters. The number of nitrogens with one attached hydrogen (secondary N) is 3. The van der Waals surface area contributed by atoms with Gasteiger partial charge in [-0.15, -0.1) is 0 Å². The van der Waals surface area contributed by atoms with Crippen LogP contribution in [0.15, 0.2) is 48.5 Å². The average molecular weight is 545 g/mol. The van der Waals surface area contributed by atoms with E-state index < -0.39 is 60.2 Å². The Labute approximate surface area is 224 Å². The first-order valence-electron chi connectivity index (χ1n) is 12.0. The zero-order valence-electron chi connectivity index (χ0n) is 21.2. The van der Waals surface area contributed by atoms with Crippen molar-refractivity contribution >= 4 is 29.7 Å². The first kappa shape index (κ1) is 30.6. The molecule has 9 N–H and O–H groups in total. The maximum atomic E-state index is 13.3. The van der Waals surface area contributed by atoms with Gasteiger partial charge in [0, 0.05) is 19.3 Å². The van der Waals surface area contributed by atoms with E-state index in [0.29, 0.717) is 11.1 Å². The van der Waals surface area contributed by atoms with E-state index in [-0.39, 0.29) is 30.8 Å². The molecule has 2 aromatic rings. The first-order chi connectivity index (χ1) is 18.3. The molecule has 0 aliphatic carbocycles. The van der Waals surface area contributed by atoms with Crippen LogP contribution in [0, 0.1) is 0 Å². The Hall–Kier alpha value is -4.65. The Balaban J connectivity index is 2.31. The molecule has 13 nitrogen and oxygen atoms in total. The third-order valence-corrected chi connectivity index (χ3v) is 5.69. The second kappa shape index (κ2) is 14.3. The van der Waals surface area contributed by atoms with Gasteiger partial charge in [0.15, 0.2) is 0 Å². The molecule has 0 bridgehead atoms. The van der Waals surface area contributed by atoms with Crippen molar-refractivity contribution in [3.8, 4) is 11.5 Å². The SMILES string of the molecule is CC(N)C(=O)NC(Cc1ccc(O)cc1)C(=O)NC(Cc1ccc(O)cc1)C(=O)NC(CCC(=O)O)C(=O)O. The van der Waals surface area contributed by atoms with E-state index in [1.807, 2.05) is 0 Å². The Kier molecular flexibility index (Phi) is 11.2. The monoisotopic (exact) mass is 544 g/mol. The summed E-state index contributed by atoms with van der Waals surface area (Å²) in [5.74, 6) is -5.02. The van der Waals surface area contributed by atoms with Crippen LogP contribution in [0.25, 0.3) is 0 Å². The van der Waals surface area contributed by atoms with Gasteiger partial charge in [0.05, 0.1) is 6.04 Å². The fourth-order valence-corrected chi connectivity index (χ4v) is 3.53. The normalized spacial score (nSPS) is 13.8. The lowest BCUT2D eigenvalue weighted by Crippen LogP contribution is -2.58. The predicted octanol–water partition coefficient (Wildman–Crippen LogP) is -0.366. The largest absolute Gasteiger partial charge is 0.508 e. The summed E-state index contributed by atoms with van der Waals surface area (Å²) in [7, 11) is 0. The minimum atomic E-state index is -1.53.